The van der Waals surface area contributed by atoms with E-state index >= 15 is 0 Å². The number of hydrogen-bond donors (Lipinski definition) is 1. The maximum atomic E-state index is 6.06. The number of benzene rings is 1. The zero-order valence-electron chi connectivity index (χ0n) is 13.5. The zero-order chi connectivity index (χ0) is 16.4. The van der Waals surface area contributed by atoms with Gasteiger partial charge in [0, 0.05) is 29.9 Å². The van der Waals surface area contributed by atoms with E-state index in [0.717, 1.165) is 43.7 Å². The highest BCUT2D eigenvalue weighted by Gasteiger charge is 2.25. The third-order valence-corrected chi connectivity index (χ3v) is 4.62. The predicted octanol–water partition coefficient (Wildman–Crippen LogP) is 2.97. The average Bonchev–Trinajstić information content (AvgIpc) is 3.27. The molecule has 2 heterocycles. The van der Waals surface area contributed by atoms with Crippen molar-refractivity contribution in [2.24, 2.45) is 5.73 Å². The Balaban J connectivity index is 1.48. The Morgan fingerprint density at radius 3 is 2.83 bits per heavy atom. The molecule has 3 aromatic rings. The first-order chi connectivity index (χ1) is 11.8. The molecule has 1 aliphatic rings. The smallest absolute Gasteiger partial charge is 0.230 e. The largest absolute Gasteiger partial charge is 0.339 e. The van der Waals surface area contributed by atoms with Crippen molar-refractivity contribution in [2.75, 3.05) is 0 Å². The molecule has 0 amide bonds. The van der Waals surface area contributed by atoms with Gasteiger partial charge in [-0.3, -0.25) is 4.68 Å². The molecule has 0 bridgehead atoms. The van der Waals surface area contributed by atoms with E-state index in [1.807, 2.05) is 29.1 Å². The first-order valence-electron chi connectivity index (χ1n) is 8.44. The molecule has 24 heavy (non-hydrogen) atoms. The van der Waals surface area contributed by atoms with Crippen LogP contribution in [0.1, 0.15) is 43.1 Å². The molecule has 0 radical (unpaired) electrons. The lowest BCUT2D eigenvalue weighted by Gasteiger charge is -2.23. The molecule has 1 aliphatic carbocycles. The van der Waals surface area contributed by atoms with Gasteiger partial charge >= 0.3 is 0 Å². The molecule has 6 heteroatoms. The Morgan fingerprint density at radius 1 is 1.21 bits per heavy atom. The Morgan fingerprint density at radius 2 is 2.08 bits per heavy atom. The molecule has 1 aromatic carbocycles. The summed E-state index contributed by atoms with van der Waals surface area (Å²) in [6.07, 6.45) is 7.98. The third kappa shape index (κ3) is 3.23. The van der Waals surface area contributed by atoms with E-state index in [1.165, 1.54) is 5.56 Å². The van der Waals surface area contributed by atoms with Crippen LogP contribution >= 0.6 is 0 Å². The van der Waals surface area contributed by atoms with E-state index in [1.54, 1.807) is 6.20 Å². The number of hydrogen-bond acceptors (Lipinski definition) is 5. The summed E-state index contributed by atoms with van der Waals surface area (Å²) in [6.45, 7) is 0.755. The normalized spacial score (nSPS) is 21.0. The van der Waals surface area contributed by atoms with Crippen molar-refractivity contribution in [3.05, 3.63) is 54.2 Å². The van der Waals surface area contributed by atoms with E-state index in [4.69, 9.17) is 10.3 Å². The second-order valence-corrected chi connectivity index (χ2v) is 6.48. The van der Waals surface area contributed by atoms with Gasteiger partial charge in [-0.25, -0.2) is 0 Å². The van der Waals surface area contributed by atoms with Crippen LogP contribution in [0.25, 0.3) is 11.4 Å². The minimum absolute atomic E-state index is 0.251. The second kappa shape index (κ2) is 6.57. The van der Waals surface area contributed by atoms with Crippen LogP contribution in [0, 0.1) is 0 Å². The standard InChI is InChI=1S/C18H21N5O/c19-16-4-1-3-15(11-16)18-21-17(22-24-18)14-7-5-13(6-8-14)12-23-10-2-9-20-23/h2,5-10,15-16H,1,3-4,11-12,19H2/t15-,16+/m0/s1. The van der Waals surface area contributed by atoms with Gasteiger partial charge in [0.2, 0.25) is 11.7 Å². The molecule has 2 atom stereocenters. The van der Waals surface area contributed by atoms with Crippen LogP contribution in [-0.4, -0.2) is 26.0 Å². The fraction of sp³-hybridized carbons (Fsp3) is 0.389. The summed E-state index contributed by atoms with van der Waals surface area (Å²) in [5, 5.41) is 8.37. The Labute approximate surface area is 140 Å². The summed E-state index contributed by atoms with van der Waals surface area (Å²) in [5.74, 6) is 1.67. The Hall–Kier alpha value is -2.47. The highest BCUT2D eigenvalue weighted by atomic mass is 16.5. The van der Waals surface area contributed by atoms with Gasteiger partial charge in [0.05, 0.1) is 6.54 Å². The molecule has 4 rings (SSSR count). The van der Waals surface area contributed by atoms with Crippen molar-refractivity contribution >= 4 is 0 Å². The van der Waals surface area contributed by atoms with E-state index in [9.17, 15) is 0 Å². The Kier molecular flexibility index (Phi) is 4.13. The quantitative estimate of drug-likeness (QED) is 0.798. The highest BCUT2D eigenvalue weighted by molar-refractivity contribution is 5.54. The number of nitrogens with two attached hydrogens (primary N) is 1. The van der Waals surface area contributed by atoms with Crippen molar-refractivity contribution in [1.82, 2.24) is 19.9 Å². The van der Waals surface area contributed by atoms with Gasteiger partial charge in [0.15, 0.2) is 0 Å². The van der Waals surface area contributed by atoms with E-state index in [-0.39, 0.29) is 6.04 Å². The van der Waals surface area contributed by atoms with Crippen molar-refractivity contribution in [3.63, 3.8) is 0 Å². The van der Waals surface area contributed by atoms with E-state index in [2.05, 4.69) is 27.4 Å². The topological polar surface area (TPSA) is 82.8 Å². The molecule has 1 saturated carbocycles. The summed E-state index contributed by atoms with van der Waals surface area (Å²) in [4.78, 5) is 4.59. The average molecular weight is 323 g/mol. The van der Waals surface area contributed by atoms with E-state index < -0.39 is 0 Å². The molecule has 2 aromatic heterocycles. The van der Waals surface area contributed by atoms with Gasteiger partial charge in [-0.05, 0) is 30.9 Å². The molecule has 2 N–H and O–H groups in total. The van der Waals surface area contributed by atoms with Crippen molar-refractivity contribution in [3.8, 4) is 11.4 Å². The van der Waals surface area contributed by atoms with Gasteiger partial charge in [-0.15, -0.1) is 0 Å². The third-order valence-electron chi connectivity index (χ3n) is 4.62. The van der Waals surface area contributed by atoms with Crippen molar-refractivity contribution in [2.45, 2.75) is 44.2 Å². The molecule has 0 aliphatic heterocycles. The summed E-state index contributed by atoms with van der Waals surface area (Å²) < 4.78 is 7.39. The van der Waals surface area contributed by atoms with Crippen LogP contribution in [0.4, 0.5) is 0 Å². The van der Waals surface area contributed by atoms with Crippen LogP contribution in [0.5, 0.6) is 0 Å². The first kappa shape index (κ1) is 15.1. The summed E-state index contributed by atoms with van der Waals surface area (Å²) in [6, 6.07) is 10.4. The maximum Gasteiger partial charge on any atom is 0.230 e. The molecular formula is C18H21N5O. The fourth-order valence-electron chi connectivity index (χ4n) is 3.31. The first-order valence-corrected chi connectivity index (χ1v) is 8.44. The lowest BCUT2D eigenvalue weighted by molar-refractivity contribution is 0.299. The molecule has 1 fully saturated rings. The highest BCUT2D eigenvalue weighted by Crippen LogP contribution is 2.32. The SMILES string of the molecule is N[C@@H]1CCC[C@H](c2nc(-c3ccc(Cn4cccn4)cc3)no2)C1. The van der Waals surface area contributed by atoms with Gasteiger partial charge in [-0.1, -0.05) is 35.8 Å². The molecule has 0 unspecified atom stereocenters. The van der Waals surface area contributed by atoms with Crippen LogP contribution in [0.15, 0.2) is 47.2 Å². The van der Waals surface area contributed by atoms with Crippen LogP contribution in [-0.2, 0) is 6.54 Å². The van der Waals surface area contributed by atoms with Crippen LogP contribution in [0.3, 0.4) is 0 Å². The molecule has 0 saturated heterocycles. The summed E-state index contributed by atoms with van der Waals surface area (Å²) in [7, 11) is 0. The monoisotopic (exact) mass is 323 g/mol. The lowest BCUT2D eigenvalue weighted by atomic mass is 9.86. The number of nitrogens with zero attached hydrogens (tertiary/aromatic N) is 4. The van der Waals surface area contributed by atoms with Crippen molar-refractivity contribution < 1.29 is 4.52 Å². The molecule has 124 valence electrons. The zero-order valence-corrected chi connectivity index (χ0v) is 13.5. The summed E-state index contributed by atoms with van der Waals surface area (Å²) in [5.41, 5.74) is 8.21. The van der Waals surface area contributed by atoms with Gasteiger partial charge < -0.3 is 10.3 Å². The number of aromatic nitrogens is 4. The van der Waals surface area contributed by atoms with Crippen molar-refractivity contribution in [1.29, 1.82) is 0 Å². The molecule has 0 spiro atoms. The number of rotatable bonds is 4. The van der Waals surface area contributed by atoms with Crippen LogP contribution < -0.4 is 5.73 Å². The lowest BCUT2D eigenvalue weighted by Crippen LogP contribution is -2.26. The molecule has 6 nitrogen and oxygen atoms in total. The van der Waals surface area contributed by atoms with Crippen LogP contribution in [0.2, 0.25) is 0 Å². The maximum absolute atomic E-state index is 6.06. The van der Waals surface area contributed by atoms with Gasteiger partial charge in [-0.2, -0.15) is 10.1 Å². The minimum atomic E-state index is 0.251. The van der Waals surface area contributed by atoms with E-state index in [0.29, 0.717) is 11.7 Å². The fourth-order valence-corrected chi connectivity index (χ4v) is 3.31. The summed E-state index contributed by atoms with van der Waals surface area (Å²) >= 11 is 0. The second-order valence-electron chi connectivity index (χ2n) is 6.48. The Bertz CT molecular complexity index is 778. The molecular weight excluding hydrogens is 302 g/mol. The van der Waals surface area contributed by atoms with Gasteiger partial charge in [0.1, 0.15) is 0 Å². The van der Waals surface area contributed by atoms with Gasteiger partial charge in [0.25, 0.3) is 0 Å². The predicted molar refractivity (Wildman–Crippen MR) is 90.2 cm³/mol. The minimum Gasteiger partial charge on any atom is -0.339 e.